The third kappa shape index (κ3) is 10.6. The Morgan fingerprint density at radius 2 is 1.95 bits per heavy atom. The van der Waals surface area contributed by atoms with Crippen LogP contribution in [-0.2, 0) is 9.53 Å². The Morgan fingerprint density at radius 3 is 2.37 bits per heavy atom. The zero-order valence-electron chi connectivity index (χ0n) is 11.8. The maximum atomic E-state index is 11.5. The van der Waals surface area contributed by atoms with Crippen molar-refractivity contribution in [3.05, 3.63) is 0 Å². The summed E-state index contributed by atoms with van der Waals surface area (Å²) in [6.07, 6.45) is -0.876. The van der Waals surface area contributed by atoms with Crippen molar-refractivity contribution in [2.45, 2.75) is 51.9 Å². The molecule has 0 saturated heterocycles. The number of alkyl carbamates (subject to hydrolysis) is 1. The van der Waals surface area contributed by atoms with Crippen LogP contribution in [0.1, 0.15) is 34.1 Å². The highest BCUT2D eigenvalue weighted by Crippen LogP contribution is 2.09. The quantitative estimate of drug-likeness (QED) is 0.615. The van der Waals surface area contributed by atoms with Crippen molar-refractivity contribution < 1.29 is 24.5 Å². The van der Waals surface area contributed by atoms with Crippen LogP contribution >= 0.6 is 11.8 Å². The van der Waals surface area contributed by atoms with E-state index in [2.05, 4.69) is 5.32 Å². The summed E-state index contributed by atoms with van der Waals surface area (Å²) in [6.45, 7) is 6.79. The lowest BCUT2D eigenvalue weighted by Crippen LogP contribution is -2.43. The lowest BCUT2D eigenvalue weighted by Gasteiger charge is -2.22. The second-order valence-electron chi connectivity index (χ2n) is 5.25. The van der Waals surface area contributed by atoms with Crippen molar-refractivity contribution >= 4 is 23.8 Å². The van der Waals surface area contributed by atoms with Gasteiger partial charge in [-0.3, -0.25) is 0 Å². The summed E-state index contributed by atoms with van der Waals surface area (Å²) in [7, 11) is 0. The maximum absolute atomic E-state index is 11.5. The van der Waals surface area contributed by atoms with Crippen LogP contribution in [0.2, 0.25) is 0 Å². The highest BCUT2D eigenvalue weighted by atomic mass is 32.2. The van der Waals surface area contributed by atoms with Crippen LogP contribution in [0.25, 0.3) is 0 Å². The number of amides is 1. The Labute approximate surface area is 117 Å². The van der Waals surface area contributed by atoms with Gasteiger partial charge in [0.2, 0.25) is 0 Å². The molecule has 19 heavy (non-hydrogen) atoms. The first-order chi connectivity index (χ1) is 8.61. The van der Waals surface area contributed by atoms with Crippen molar-refractivity contribution in [2.75, 3.05) is 11.5 Å². The zero-order valence-corrected chi connectivity index (χ0v) is 12.6. The third-order valence-electron chi connectivity index (χ3n) is 1.90. The van der Waals surface area contributed by atoms with Crippen LogP contribution in [-0.4, -0.2) is 51.5 Å². The molecule has 0 rings (SSSR count). The number of carboxylic acids is 1. The fourth-order valence-corrected chi connectivity index (χ4v) is 2.07. The molecule has 0 aliphatic carbocycles. The fraction of sp³-hybridized carbons (Fsp3) is 0.833. The average molecular weight is 293 g/mol. The molecule has 7 heteroatoms. The number of nitrogens with one attached hydrogen (secondary N) is 1. The molecule has 0 saturated carbocycles. The predicted molar refractivity (Wildman–Crippen MR) is 74.4 cm³/mol. The summed E-state index contributed by atoms with van der Waals surface area (Å²) in [5, 5.41) is 20.4. The fourth-order valence-electron chi connectivity index (χ4n) is 1.16. The molecule has 0 aliphatic rings. The van der Waals surface area contributed by atoms with Crippen molar-refractivity contribution in [1.82, 2.24) is 5.32 Å². The number of rotatable bonds is 7. The number of carbonyl (C=O) groups excluding carboxylic acids is 1. The lowest BCUT2D eigenvalue weighted by molar-refractivity contribution is -0.139. The molecule has 0 heterocycles. The minimum Gasteiger partial charge on any atom is -0.480 e. The Hall–Kier alpha value is -0.950. The van der Waals surface area contributed by atoms with Crippen molar-refractivity contribution in [3.63, 3.8) is 0 Å². The van der Waals surface area contributed by atoms with Crippen molar-refractivity contribution in [3.8, 4) is 0 Å². The van der Waals surface area contributed by atoms with Gasteiger partial charge in [-0.15, -0.1) is 0 Å². The molecule has 2 unspecified atom stereocenters. The Kier molecular flexibility index (Phi) is 7.85. The van der Waals surface area contributed by atoms with Gasteiger partial charge in [-0.25, -0.2) is 9.59 Å². The summed E-state index contributed by atoms with van der Waals surface area (Å²) in [5.41, 5.74) is -0.659. The number of carbonyl (C=O) groups is 2. The van der Waals surface area contributed by atoms with Gasteiger partial charge in [0.1, 0.15) is 11.6 Å². The molecule has 2 atom stereocenters. The van der Waals surface area contributed by atoms with Gasteiger partial charge in [0, 0.05) is 5.75 Å². The maximum Gasteiger partial charge on any atom is 0.408 e. The zero-order chi connectivity index (χ0) is 15.1. The second kappa shape index (κ2) is 8.27. The number of thioether (sulfide) groups is 1. The molecule has 0 aliphatic heterocycles. The number of hydrogen-bond donors (Lipinski definition) is 3. The number of aliphatic hydroxyl groups is 1. The number of carboxylic acid groups (broad SMARTS) is 1. The summed E-state index contributed by atoms with van der Waals surface area (Å²) >= 11 is 1.44. The first-order valence-corrected chi connectivity index (χ1v) is 7.25. The Balaban J connectivity index is 4.12. The number of ether oxygens (including phenoxy) is 1. The molecule has 0 aromatic rings. The van der Waals surface area contributed by atoms with Gasteiger partial charge in [-0.1, -0.05) is 0 Å². The average Bonchev–Trinajstić information content (AvgIpc) is 2.19. The van der Waals surface area contributed by atoms with E-state index in [0.717, 1.165) is 0 Å². The summed E-state index contributed by atoms with van der Waals surface area (Å²) in [6, 6.07) is -0.976. The van der Waals surface area contributed by atoms with E-state index in [1.165, 1.54) is 11.8 Å². The molecule has 0 spiro atoms. The van der Waals surface area contributed by atoms with Crippen LogP contribution in [0.3, 0.4) is 0 Å². The van der Waals surface area contributed by atoms with E-state index < -0.39 is 29.8 Å². The van der Waals surface area contributed by atoms with Gasteiger partial charge < -0.3 is 20.3 Å². The van der Waals surface area contributed by atoms with Crippen LogP contribution in [0, 0.1) is 0 Å². The van der Waals surface area contributed by atoms with E-state index in [-0.39, 0.29) is 6.42 Å². The summed E-state index contributed by atoms with van der Waals surface area (Å²) in [4.78, 5) is 22.5. The number of aliphatic carboxylic acids is 1. The Morgan fingerprint density at radius 1 is 1.37 bits per heavy atom. The predicted octanol–water partition coefficient (Wildman–Crippen LogP) is 1.47. The molecule has 0 radical (unpaired) electrons. The van der Waals surface area contributed by atoms with Crippen molar-refractivity contribution in [2.24, 2.45) is 0 Å². The lowest BCUT2D eigenvalue weighted by atomic mass is 10.2. The van der Waals surface area contributed by atoms with E-state index in [1.54, 1.807) is 27.7 Å². The molecule has 0 fully saturated rings. The van der Waals surface area contributed by atoms with E-state index in [1.807, 2.05) is 0 Å². The van der Waals surface area contributed by atoms with Gasteiger partial charge >= 0.3 is 12.1 Å². The second-order valence-corrected chi connectivity index (χ2v) is 6.40. The van der Waals surface area contributed by atoms with Crippen LogP contribution in [0.4, 0.5) is 4.79 Å². The van der Waals surface area contributed by atoms with Gasteiger partial charge in [0.25, 0.3) is 0 Å². The minimum absolute atomic E-state index is 0.284. The standard InChI is InChI=1S/C12H23NO5S/c1-8(14)7-19-6-5-9(10(15)16)13-11(17)18-12(2,3)4/h8-9,14H,5-7H2,1-4H3,(H,13,17)(H,15,16). The SMILES string of the molecule is CC(O)CSCCC(NC(=O)OC(C)(C)C)C(=O)O. The molecule has 3 N–H and O–H groups in total. The molecule has 112 valence electrons. The largest absolute Gasteiger partial charge is 0.480 e. The van der Waals surface area contributed by atoms with Gasteiger partial charge in [-0.05, 0) is 39.9 Å². The Bertz CT molecular complexity index is 301. The molecular weight excluding hydrogens is 270 g/mol. The molecule has 0 aromatic carbocycles. The summed E-state index contributed by atoms with van der Waals surface area (Å²) < 4.78 is 5.00. The van der Waals surface area contributed by atoms with Crippen LogP contribution in [0.5, 0.6) is 0 Å². The molecule has 0 aromatic heterocycles. The van der Waals surface area contributed by atoms with Gasteiger partial charge in [-0.2, -0.15) is 11.8 Å². The normalized spacial score (nSPS) is 14.6. The molecule has 1 amide bonds. The number of aliphatic hydroxyl groups excluding tert-OH is 1. The highest BCUT2D eigenvalue weighted by Gasteiger charge is 2.23. The highest BCUT2D eigenvalue weighted by molar-refractivity contribution is 7.99. The molecular formula is C12H23NO5S. The van der Waals surface area contributed by atoms with Crippen molar-refractivity contribution in [1.29, 1.82) is 0 Å². The van der Waals surface area contributed by atoms with E-state index in [0.29, 0.717) is 11.5 Å². The first-order valence-electron chi connectivity index (χ1n) is 6.10. The minimum atomic E-state index is -1.09. The van der Waals surface area contributed by atoms with Crippen LogP contribution in [0.15, 0.2) is 0 Å². The van der Waals surface area contributed by atoms with E-state index in [4.69, 9.17) is 14.9 Å². The smallest absolute Gasteiger partial charge is 0.408 e. The van der Waals surface area contributed by atoms with Gasteiger partial charge in [0.05, 0.1) is 6.10 Å². The molecule has 0 bridgehead atoms. The topological polar surface area (TPSA) is 95.9 Å². The third-order valence-corrected chi connectivity index (χ3v) is 3.14. The monoisotopic (exact) mass is 293 g/mol. The number of hydrogen-bond acceptors (Lipinski definition) is 5. The molecule has 6 nitrogen and oxygen atoms in total. The van der Waals surface area contributed by atoms with E-state index >= 15 is 0 Å². The van der Waals surface area contributed by atoms with E-state index in [9.17, 15) is 9.59 Å². The van der Waals surface area contributed by atoms with Crippen LogP contribution < -0.4 is 5.32 Å². The first kappa shape index (κ1) is 18.0. The summed E-state index contributed by atoms with van der Waals surface area (Å²) in [5.74, 6) is -0.0142. The van der Waals surface area contributed by atoms with Gasteiger partial charge in [0.15, 0.2) is 0 Å².